The predicted octanol–water partition coefficient (Wildman–Crippen LogP) is 1.31. The van der Waals surface area contributed by atoms with Gasteiger partial charge in [-0.1, -0.05) is 6.08 Å². The Hall–Kier alpha value is -0.830. The molecule has 1 unspecified atom stereocenters. The van der Waals surface area contributed by atoms with Gasteiger partial charge in [0.1, 0.15) is 0 Å². The smallest absolute Gasteiger partial charge is 0.200 e. The van der Waals surface area contributed by atoms with E-state index in [1.807, 2.05) is 13.0 Å². The van der Waals surface area contributed by atoms with Gasteiger partial charge < -0.3 is 4.74 Å². The van der Waals surface area contributed by atoms with Gasteiger partial charge in [0.05, 0.1) is 19.2 Å². The van der Waals surface area contributed by atoms with E-state index in [1.165, 1.54) is 0 Å². The molecule has 0 aromatic rings. The average molecular weight is 182 g/mol. The average Bonchev–Trinajstić information content (AvgIpc) is 2.13. The van der Waals surface area contributed by atoms with Crippen LogP contribution in [0.25, 0.3) is 0 Å². The van der Waals surface area contributed by atoms with Crippen molar-refractivity contribution in [3.05, 3.63) is 12.7 Å². The van der Waals surface area contributed by atoms with Crippen molar-refractivity contribution in [2.75, 3.05) is 26.2 Å². The fourth-order valence-corrected chi connectivity index (χ4v) is 1.50. The molecule has 1 aliphatic heterocycles. The van der Waals surface area contributed by atoms with Crippen LogP contribution in [-0.4, -0.2) is 43.1 Å². The lowest BCUT2D eigenvalue weighted by Crippen LogP contribution is -2.45. The van der Waals surface area contributed by atoms with Crippen LogP contribution in [0.2, 0.25) is 0 Å². The van der Waals surface area contributed by atoms with E-state index in [9.17, 15) is 0 Å². The highest BCUT2D eigenvalue weighted by Crippen LogP contribution is 2.08. The van der Waals surface area contributed by atoms with Gasteiger partial charge in [0.2, 0.25) is 5.90 Å². The summed E-state index contributed by atoms with van der Waals surface area (Å²) in [4.78, 5) is 6.66. The first-order valence-electron chi connectivity index (χ1n) is 4.81. The number of nitrogens with zero attached hydrogens (tertiary/aromatic N) is 2. The molecule has 13 heavy (non-hydrogen) atoms. The van der Waals surface area contributed by atoms with Crippen LogP contribution in [0.5, 0.6) is 0 Å². The molecule has 1 aliphatic rings. The van der Waals surface area contributed by atoms with Gasteiger partial charge in [-0.3, -0.25) is 9.89 Å². The summed E-state index contributed by atoms with van der Waals surface area (Å²) in [6, 6.07) is 0.298. The normalized spacial score (nSPS) is 23.8. The molecule has 0 amide bonds. The van der Waals surface area contributed by atoms with Crippen molar-refractivity contribution < 1.29 is 4.74 Å². The van der Waals surface area contributed by atoms with Crippen LogP contribution in [-0.2, 0) is 4.74 Å². The van der Waals surface area contributed by atoms with Crippen LogP contribution in [0.1, 0.15) is 13.8 Å². The van der Waals surface area contributed by atoms with Gasteiger partial charge in [0.25, 0.3) is 0 Å². The van der Waals surface area contributed by atoms with Crippen LogP contribution in [0.4, 0.5) is 0 Å². The Kier molecular flexibility index (Phi) is 3.96. The number of rotatable bonds is 3. The number of ether oxygens (including phenoxy) is 1. The Morgan fingerprint density at radius 2 is 2.54 bits per heavy atom. The van der Waals surface area contributed by atoms with E-state index in [0.29, 0.717) is 12.6 Å². The minimum absolute atomic E-state index is 0.298. The summed E-state index contributed by atoms with van der Waals surface area (Å²) < 4.78 is 5.45. The van der Waals surface area contributed by atoms with E-state index >= 15 is 0 Å². The molecule has 0 N–H and O–H groups in total. The fourth-order valence-electron chi connectivity index (χ4n) is 1.50. The molecule has 0 bridgehead atoms. The Morgan fingerprint density at radius 1 is 1.77 bits per heavy atom. The fraction of sp³-hybridized carbons (Fsp3) is 0.700. The topological polar surface area (TPSA) is 24.8 Å². The van der Waals surface area contributed by atoms with E-state index in [0.717, 1.165) is 25.5 Å². The molecule has 74 valence electrons. The lowest BCUT2D eigenvalue weighted by Gasteiger charge is -2.31. The van der Waals surface area contributed by atoms with Crippen LogP contribution in [0.15, 0.2) is 17.6 Å². The van der Waals surface area contributed by atoms with E-state index in [1.54, 1.807) is 0 Å². The first-order valence-corrected chi connectivity index (χ1v) is 4.81. The van der Waals surface area contributed by atoms with Crippen molar-refractivity contribution in [3.8, 4) is 0 Å². The summed E-state index contributed by atoms with van der Waals surface area (Å²) in [5.41, 5.74) is 0. The summed E-state index contributed by atoms with van der Waals surface area (Å²) in [5, 5.41) is 0. The molecule has 0 fully saturated rings. The second-order valence-corrected chi connectivity index (χ2v) is 3.11. The number of hydrogen-bond acceptors (Lipinski definition) is 3. The first kappa shape index (κ1) is 10.3. The highest BCUT2D eigenvalue weighted by molar-refractivity contribution is 5.82. The van der Waals surface area contributed by atoms with Crippen molar-refractivity contribution in [1.29, 1.82) is 0 Å². The van der Waals surface area contributed by atoms with Crippen molar-refractivity contribution >= 4 is 5.90 Å². The maximum absolute atomic E-state index is 5.45. The van der Waals surface area contributed by atoms with Gasteiger partial charge in [-0.15, -0.1) is 6.58 Å². The zero-order valence-corrected chi connectivity index (χ0v) is 8.49. The molecule has 3 nitrogen and oxygen atoms in total. The maximum atomic E-state index is 5.45. The van der Waals surface area contributed by atoms with E-state index in [-0.39, 0.29) is 0 Å². The third-order valence-electron chi connectivity index (χ3n) is 2.22. The lowest BCUT2D eigenvalue weighted by molar-refractivity contribution is 0.216. The predicted molar refractivity (Wildman–Crippen MR) is 55.2 cm³/mol. The third kappa shape index (κ3) is 2.56. The van der Waals surface area contributed by atoms with Gasteiger partial charge >= 0.3 is 0 Å². The van der Waals surface area contributed by atoms with E-state index in [2.05, 4.69) is 23.4 Å². The Morgan fingerprint density at radius 3 is 3.15 bits per heavy atom. The van der Waals surface area contributed by atoms with Gasteiger partial charge in [-0.05, 0) is 13.8 Å². The molecule has 1 heterocycles. The highest BCUT2D eigenvalue weighted by atomic mass is 16.5. The quantitative estimate of drug-likeness (QED) is 0.615. The van der Waals surface area contributed by atoms with Crippen LogP contribution >= 0.6 is 0 Å². The van der Waals surface area contributed by atoms with E-state index in [4.69, 9.17) is 4.74 Å². The second-order valence-electron chi connectivity index (χ2n) is 3.11. The second kappa shape index (κ2) is 5.02. The molecule has 0 saturated carbocycles. The summed E-state index contributed by atoms with van der Waals surface area (Å²) in [6.07, 6.45) is 1.92. The van der Waals surface area contributed by atoms with Crippen molar-refractivity contribution in [1.82, 2.24) is 4.90 Å². The monoisotopic (exact) mass is 182 g/mol. The van der Waals surface area contributed by atoms with Crippen LogP contribution in [0, 0.1) is 0 Å². The zero-order chi connectivity index (χ0) is 9.68. The Bertz CT molecular complexity index is 201. The molecule has 0 aromatic heterocycles. The summed E-state index contributed by atoms with van der Waals surface area (Å²) in [5.74, 6) is 0.871. The van der Waals surface area contributed by atoms with Crippen molar-refractivity contribution in [2.24, 2.45) is 4.99 Å². The Balaban J connectivity index is 2.56. The van der Waals surface area contributed by atoms with Gasteiger partial charge in [0.15, 0.2) is 0 Å². The molecule has 0 spiro atoms. The van der Waals surface area contributed by atoms with Crippen molar-refractivity contribution in [2.45, 2.75) is 19.9 Å². The van der Waals surface area contributed by atoms with E-state index < -0.39 is 0 Å². The molecule has 1 atom stereocenters. The van der Waals surface area contributed by atoms with Gasteiger partial charge in [-0.2, -0.15) is 0 Å². The molecule has 0 radical (unpaired) electrons. The van der Waals surface area contributed by atoms with Crippen molar-refractivity contribution in [3.63, 3.8) is 0 Å². The molecule has 0 aliphatic carbocycles. The maximum Gasteiger partial charge on any atom is 0.200 e. The first-order chi connectivity index (χ1) is 6.29. The summed E-state index contributed by atoms with van der Waals surface area (Å²) in [6.45, 7) is 11.3. The molecular formula is C10H18N2O. The highest BCUT2D eigenvalue weighted by Gasteiger charge is 2.22. The van der Waals surface area contributed by atoms with Gasteiger partial charge in [-0.25, -0.2) is 0 Å². The SMILES string of the molecule is C=CCN1CCN=C(OCC)C1C. The number of hydrogen-bond donors (Lipinski definition) is 0. The molecule has 3 heteroatoms. The molecule has 0 saturated heterocycles. The summed E-state index contributed by atoms with van der Waals surface area (Å²) >= 11 is 0. The molecule has 1 rings (SSSR count). The standard InChI is InChI=1S/C10H18N2O/c1-4-7-12-8-6-11-10(9(12)3)13-5-2/h4,9H,1,5-8H2,2-3H3. The molecular weight excluding hydrogens is 164 g/mol. The third-order valence-corrected chi connectivity index (χ3v) is 2.22. The minimum atomic E-state index is 0.298. The lowest BCUT2D eigenvalue weighted by atomic mass is 10.2. The minimum Gasteiger partial charge on any atom is -0.480 e. The largest absolute Gasteiger partial charge is 0.480 e. The summed E-state index contributed by atoms with van der Waals surface area (Å²) in [7, 11) is 0. The van der Waals surface area contributed by atoms with Crippen LogP contribution in [0.3, 0.4) is 0 Å². The zero-order valence-electron chi connectivity index (χ0n) is 8.49. The van der Waals surface area contributed by atoms with Gasteiger partial charge in [0, 0.05) is 13.1 Å². The Labute approximate surface area is 80.1 Å². The van der Waals surface area contributed by atoms with Crippen LogP contribution < -0.4 is 0 Å². The molecule has 0 aromatic carbocycles. The number of aliphatic imine (C=N–C) groups is 1.